The second-order valence-corrected chi connectivity index (χ2v) is 6.65. The Morgan fingerprint density at radius 1 is 1.30 bits per heavy atom. The van der Waals surface area contributed by atoms with E-state index in [1.54, 1.807) is 18.2 Å². The number of anilines is 1. The fourth-order valence-corrected chi connectivity index (χ4v) is 3.54. The van der Waals surface area contributed by atoms with Crippen molar-refractivity contribution in [2.45, 2.75) is 27.0 Å². The number of nitrogens with zero attached hydrogens (tertiary/aromatic N) is 2. The number of hydrogen-bond donors (Lipinski definition) is 1. The van der Waals surface area contributed by atoms with E-state index in [9.17, 15) is 14.8 Å². The molecule has 7 nitrogen and oxygen atoms in total. The Balaban J connectivity index is 1.80. The summed E-state index contributed by atoms with van der Waals surface area (Å²) in [7, 11) is 0. The van der Waals surface area contributed by atoms with E-state index in [4.69, 9.17) is 9.47 Å². The topological polar surface area (TPSA) is 88.4 Å². The molecule has 0 fully saturated rings. The van der Waals surface area contributed by atoms with Gasteiger partial charge in [-0.3, -0.25) is 9.59 Å². The van der Waals surface area contributed by atoms with Crippen LogP contribution in [0.4, 0.5) is 5.69 Å². The molecule has 1 N–H and O–H groups in total. The summed E-state index contributed by atoms with van der Waals surface area (Å²) in [5.41, 5.74) is 4.28. The highest BCUT2D eigenvalue weighted by atomic mass is 16.7. The molecule has 7 heteroatoms. The fraction of sp³-hybridized carbons (Fsp3) is 0.250. The normalized spacial score (nSPS) is 16.9. The van der Waals surface area contributed by atoms with E-state index >= 15 is 0 Å². The van der Waals surface area contributed by atoms with Gasteiger partial charge in [0, 0.05) is 22.3 Å². The number of hydrogen-bond acceptors (Lipinski definition) is 6. The van der Waals surface area contributed by atoms with Crippen LogP contribution in [-0.4, -0.2) is 29.4 Å². The van der Waals surface area contributed by atoms with Gasteiger partial charge in [0.15, 0.2) is 18.3 Å². The van der Waals surface area contributed by atoms with Crippen molar-refractivity contribution in [1.29, 1.82) is 0 Å². The molecule has 0 aliphatic carbocycles. The quantitative estimate of drug-likeness (QED) is 0.513. The van der Waals surface area contributed by atoms with Gasteiger partial charge in [-0.2, -0.15) is 0 Å². The molecule has 0 spiro atoms. The summed E-state index contributed by atoms with van der Waals surface area (Å²) in [6.45, 7) is 4.27. The molecule has 2 heterocycles. The Morgan fingerprint density at radius 2 is 2.11 bits per heavy atom. The zero-order chi connectivity index (χ0) is 19.1. The molecule has 0 radical (unpaired) electrons. The van der Waals surface area contributed by atoms with Crippen LogP contribution in [0.2, 0.25) is 0 Å². The van der Waals surface area contributed by atoms with E-state index in [0.717, 1.165) is 16.7 Å². The minimum atomic E-state index is -0.421. The van der Waals surface area contributed by atoms with Crippen LogP contribution in [0.25, 0.3) is 0 Å². The number of carbonyl (C=O) groups excluding carboxylic acids is 2. The number of benzene rings is 2. The third-order valence-corrected chi connectivity index (χ3v) is 4.76. The molecule has 0 bridgehead atoms. The second kappa shape index (κ2) is 6.51. The third-order valence-electron chi connectivity index (χ3n) is 4.76. The van der Waals surface area contributed by atoms with E-state index in [2.05, 4.69) is 5.16 Å². The van der Waals surface area contributed by atoms with Crippen LogP contribution in [0.15, 0.2) is 35.5 Å². The minimum absolute atomic E-state index is 0.0362. The highest BCUT2D eigenvalue weighted by Gasteiger charge is 2.36. The van der Waals surface area contributed by atoms with Gasteiger partial charge in [-0.05, 0) is 26.0 Å². The van der Waals surface area contributed by atoms with Gasteiger partial charge in [-0.1, -0.05) is 28.9 Å². The van der Waals surface area contributed by atoms with Crippen molar-refractivity contribution in [2.24, 2.45) is 5.16 Å². The molecule has 0 aromatic heterocycles. The lowest BCUT2D eigenvalue weighted by Crippen LogP contribution is -2.30. The van der Waals surface area contributed by atoms with Crippen molar-refractivity contribution in [3.63, 3.8) is 0 Å². The molecular formula is C20H18N2O5. The average molecular weight is 366 g/mol. The number of amides is 1. The number of ether oxygens (including phenoxy) is 2. The van der Waals surface area contributed by atoms with Crippen LogP contribution in [0.3, 0.4) is 0 Å². The van der Waals surface area contributed by atoms with Gasteiger partial charge in [0.25, 0.3) is 5.91 Å². The molecule has 4 rings (SSSR count). The number of ketones is 1. The zero-order valence-corrected chi connectivity index (χ0v) is 15.0. The Morgan fingerprint density at radius 3 is 2.85 bits per heavy atom. The van der Waals surface area contributed by atoms with Gasteiger partial charge in [0.2, 0.25) is 0 Å². The maximum Gasteiger partial charge on any atom is 0.281 e. The van der Waals surface area contributed by atoms with Crippen molar-refractivity contribution in [1.82, 2.24) is 0 Å². The highest BCUT2D eigenvalue weighted by Crippen LogP contribution is 2.36. The van der Waals surface area contributed by atoms with Crippen LogP contribution in [0.5, 0.6) is 5.75 Å². The van der Waals surface area contributed by atoms with E-state index in [1.807, 2.05) is 19.1 Å². The monoisotopic (exact) mass is 366 g/mol. The van der Waals surface area contributed by atoms with Crippen molar-refractivity contribution in [3.8, 4) is 5.75 Å². The Hall–Kier alpha value is -3.19. The predicted molar refractivity (Wildman–Crippen MR) is 97.4 cm³/mol. The van der Waals surface area contributed by atoms with Gasteiger partial charge < -0.3 is 19.6 Å². The molecule has 27 heavy (non-hydrogen) atoms. The van der Waals surface area contributed by atoms with Crippen LogP contribution in [0.1, 0.15) is 39.5 Å². The SMILES string of the molecule is CC(=O)c1ccc2c(c1)N(Cc1cc(C)cc3c1OCOC3)C(=O)/C2=N\O. The van der Waals surface area contributed by atoms with E-state index in [1.165, 1.54) is 11.8 Å². The van der Waals surface area contributed by atoms with Crippen molar-refractivity contribution in [3.05, 3.63) is 58.1 Å². The first-order valence-corrected chi connectivity index (χ1v) is 8.52. The third kappa shape index (κ3) is 2.86. The molecule has 138 valence electrons. The summed E-state index contributed by atoms with van der Waals surface area (Å²) in [5, 5.41) is 12.5. The first-order chi connectivity index (χ1) is 13.0. The minimum Gasteiger partial charge on any atom is -0.467 e. The number of aryl methyl sites for hydroxylation is 1. The number of carbonyl (C=O) groups is 2. The molecule has 0 saturated carbocycles. The van der Waals surface area contributed by atoms with Gasteiger partial charge in [0.05, 0.1) is 18.8 Å². The lowest BCUT2D eigenvalue weighted by molar-refractivity contribution is -0.112. The van der Waals surface area contributed by atoms with Crippen LogP contribution < -0.4 is 9.64 Å². The molecule has 0 unspecified atom stereocenters. The summed E-state index contributed by atoms with van der Waals surface area (Å²) in [4.78, 5) is 26.1. The second-order valence-electron chi connectivity index (χ2n) is 6.65. The van der Waals surface area contributed by atoms with Crippen LogP contribution in [0, 0.1) is 6.92 Å². The number of oxime groups is 1. The van der Waals surface area contributed by atoms with Crippen LogP contribution >= 0.6 is 0 Å². The summed E-state index contributed by atoms with van der Waals surface area (Å²) in [5.74, 6) is 0.182. The molecule has 2 aromatic rings. The van der Waals surface area contributed by atoms with Gasteiger partial charge in [0.1, 0.15) is 5.75 Å². The molecule has 0 saturated heterocycles. The van der Waals surface area contributed by atoms with Crippen molar-refractivity contribution in [2.75, 3.05) is 11.7 Å². The van der Waals surface area contributed by atoms with Crippen LogP contribution in [-0.2, 0) is 22.7 Å². The van der Waals surface area contributed by atoms with E-state index in [0.29, 0.717) is 29.2 Å². The summed E-state index contributed by atoms with van der Waals surface area (Å²) in [6, 6.07) is 8.86. The maximum atomic E-state index is 12.8. The Kier molecular flexibility index (Phi) is 4.16. The standard InChI is InChI=1S/C20H18N2O5/c1-11-5-14(19-15(6-11)9-26-10-27-19)8-22-17-7-13(12(2)23)3-4-16(17)18(21-25)20(22)24/h3-7,25H,8-10H2,1-2H3/b21-18-. The van der Waals surface area contributed by atoms with Gasteiger partial charge >= 0.3 is 0 Å². The lowest BCUT2D eigenvalue weighted by Gasteiger charge is -2.24. The summed E-state index contributed by atoms with van der Waals surface area (Å²) < 4.78 is 11.0. The molecule has 0 atom stereocenters. The number of rotatable bonds is 3. The highest BCUT2D eigenvalue weighted by molar-refractivity contribution is 6.54. The first-order valence-electron chi connectivity index (χ1n) is 8.52. The van der Waals surface area contributed by atoms with Gasteiger partial charge in [-0.25, -0.2) is 0 Å². The number of Topliss-reactive ketones (excluding diaryl/α,β-unsaturated/α-hetero) is 1. The molecular weight excluding hydrogens is 348 g/mol. The van der Waals surface area contributed by atoms with E-state index in [-0.39, 0.29) is 24.8 Å². The lowest BCUT2D eigenvalue weighted by atomic mass is 10.0. The summed E-state index contributed by atoms with van der Waals surface area (Å²) in [6.07, 6.45) is 0. The molecule has 2 aliphatic rings. The number of fused-ring (bicyclic) bond motifs is 2. The first kappa shape index (κ1) is 17.2. The Labute approximate surface area is 155 Å². The zero-order valence-electron chi connectivity index (χ0n) is 15.0. The predicted octanol–water partition coefficient (Wildman–Crippen LogP) is 2.79. The fourth-order valence-electron chi connectivity index (χ4n) is 3.54. The molecule has 2 aromatic carbocycles. The average Bonchev–Trinajstić information content (AvgIpc) is 2.92. The smallest absolute Gasteiger partial charge is 0.281 e. The summed E-state index contributed by atoms with van der Waals surface area (Å²) >= 11 is 0. The molecule has 1 amide bonds. The Bertz CT molecular complexity index is 996. The molecule has 2 aliphatic heterocycles. The van der Waals surface area contributed by atoms with E-state index < -0.39 is 5.91 Å². The van der Waals surface area contributed by atoms with Crippen molar-refractivity contribution >= 4 is 23.1 Å². The largest absolute Gasteiger partial charge is 0.467 e. The van der Waals surface area contributed by atoms with Crippen molar-refractivity contribution < 1.29 is 24.3 Å². The maximum absolute atomic E-state index is 12.8. The van der Waals surface area contributed by atoms with Gasteiger partial charge in [-0.15, -0.1) is 0 Å².